The molecule has 0 spiro atoms. The maximum absolute atomic E-state index is 14.4. The normalized spacial score (nSPS) is 14.1. The standard InChI is InChI=1S/C31H47ClN4O4Si2/c1-20(40-42(10,11)31(5,6)7)27(35-23-14-13-22(18-33)26(32)17-23)28(37)25-16-21(12-15-24(25)29(38)36-34)19-39-41(8,9)30(2,3)4/h12-17,20,27,35H,19,34H2,1-11H3,(H,36,38)/t20-,27+/m0/s1. The molecule has 2 rings (SSSR count). The van der Waals surface area contributed by atoms with Gasteiger partial charge in [0.05, 0.1) is 28.9 Å². The van der Waals surface area contributed by atoms with E-state index < -0.39 is 34.7 Å². The molecule has 2 aromatic carbocycles. The van der Waals surface area contributed by atoms with Gasteiger partial charge < -0.3 is 14.2 Å². The number of nitrogens with zero attached hydrogens (tertiary/aromatic N) is 1. The molecule has 0 radical (unpaired) electrons. The van der Waals surface area contributed by atoms with Crippen molar-refractivity contribution >= 4 is 45.6 Å². The molecule has 11 heteroatoms. The van der Waals surface area contributed by atoms with Gasteiger partial charge in [-0.05, 0) is 79.1 Å². The summed E-state index contributed by atoms with van der Waals surface area (Å²) in [6.07, 6.45) is -0.575. The van der Waals surface area contributed by atoms with Gasteiger partial charge in [0.15, 0.2) is 22.4 Å². The molecule has 2 aromatic rings. The molecule has 0 unspecified atom stereocenters. The number of nitrogens with one attached hydrogen (secondary N) is 2. The first-order valence-electron chi connectivity index (χ1n) is 14.1. The lowest BCUT2D eigenvalue weighted by Crippen LogP contribution is -2.50. The molecule has 1 amide bonds. The van der Waals surface area contributed by atoms with Crippen LogP contribution in [0.1, 0.15) is 80.3 Å². The number of hydrogen-bond donors (Lipinski definition) is 3. The van der Waals surface area contributed by atoms with Crippen LogP contribution in [0.15, 0.2) is 36.4 Å². The van der Waals surface area contributed by atoms with Crippen molar-refractivity contribution in [2.75, 3.05) is 5.32 Å². The number of benzene rings is 2. The molecule has 0 saturated carbocycles. The Hall–Kier alpha value is -2.53. The number of nitrogen functional groups attached to an aromatic ring is 1. The van der Waals surface area contributed by atoms with Gasteiger partial charge in [-0.2, -0.15) is 5.26 Å². The Morgan fingerprint density at radius 3 is 2.07 bits per heavy atom. The highest BCUT2D eigenvalue weighted by atomic mass is 35.5. The van der Waals surface area contributed by atoms with Crippen LogP contribution in [0.2, 0.25) is 41.3 Å². The molecule has 2 atom stereocenters. The van der Waals surface area contributed by atoms with E-state index in [0.29, 0.717) is 17.9 Å². The molecule has 42 heavy (non-hydrogen) atoms. The van der Waals surface area contributed by atoms with Crippen molar-refractivity contribution < 1.29 is 18.4 Å². The maximum Gasteiger partial charge on any atom is 0.265 e. The molecule has 0 fully saturated rings. The third kappa shape index (κ3) is 8.52. The van der Waals surface area contributed by atoms with Gasteiger partial charge in [-0.1, -0.05) is 59.2 Å². The minimum Gasteiger partial charge on any atom is -0.413 e. The summed E-state index contributed by atoms with van der Waals surface area (Å²) < 4.78 is 13.1. The Balaban J connectivity index is 2.62. The van der Waals surface area contributed by atoms with Crippen LogP contribution in [0.4, 0.5) is 5.69 Å². The van der Waals surface area contributed by atoms with Crippen molar-refractivity contribution in [3.63, 3.8) is 0 Å². The van der Waals surface area contributed by atoms with Crippen LogP contribution in [0.25, 0.3) is 0 Å². The van der Waals surface area contributed by atoms with Crippen molar-refractivity contribution in [1.29, 1.82) is 5.26 Å². The lowest BCUT2D eigenvalue weighted by Gasteiger charge is -2.40. The van der Waals surface area contributed by atoms with Gasteiger partial charge in [0.25, 0.3) is 5.91 Å². The fourth-order valence-corrected chi connectivity index (χ4v) is 6.39. The average Bonchev–Trinajstić information content (AvgIpc) is 2.88. The molecule has 230 valence electrons. The molecule has 8 nitrogen and oxygen atoms in total. The van der Waals surface area contributed by atoms with E-state index in [2.05, 4.69) is 78.5 Å². The minimum atomic E-state index is -2.30. The number of hydrazine groups is 1. The summed E-state index contributed by atoms with van der Waals surface area (Å²) in [6.45, 7) is 23.6. The number of amides is 1. The smallest absolute Gasteiger partial charge is 0.265 e. The maximum atomic E-state index is 14.4. The second-order valence-electron chi connectivity index (χ2n) is 13.8. The second kappa shape index (κ2) is 13.4. The second-order valence-corrected chi connectivity index (χ2v) is 23.8. The fraction of sp³-hybridized carbons (Fsp3) is 0.516. The van der Waals surface area contributed by atoms with Crippen LogP contribution >= 0.6 is 11.6 Å². The van der Waals surface area contributed by atoms with Crippen LogP contribution in [0.5, 0.6) is 0 Å². The molecule has 0 aliphatic heterocycles. The summed E-state index contributed by atoms with van der Waals surface area (Å²) in [6, 6.07) is 11.2. The van der Waals surface area contributed by atoms with Crippen molar-refractivity contribution in [3.05, 3.63) is 63.7 Å². The number of carbonyl (C=O) groups is 2. The van der Waals surface area contributed by atoms with Gasteiger partial charge in [-0.3, -0.25) is 15.0 Å². The van der Waals surface area contributed by atoms with E-state index >= 15 is 0 Å². The molecule has 0 saturated heterocycles. The summed E-state index contributed by atoms with van der Waals surface area (Å²) >= 11 is 6.32. The van der Waals surface area contributed by atoms with Gasteiger partial charge in [0.1, 0.15) is 12.1 Å². The predicted octanol–water partition coefficient (Wildman–Crippen LogP) is 7.41. The van der Waals surface area contributed by atoms with E-state index in [0.717, 1.165) is 5.56 Å². The number of Topliss-reactive ketones (excluding diaryl/α,β-unsaturated/α-hetero) is 1. The third-order valence-electron chi connectivity index (χ3n) is 8.58. The number of rotatable bonds is 11. The Kier molecular flexibility index (Phi) is 11.4. The monoisotopic (exact) mass is 630 g/mol. The predicted molar refractivity (Wildman–Crippen MR) is 176 cm³/mol. The van der Waals surface area contributed by atoms with Crippen molar-refractivity contribution in [3.8, 4) is 6.07 Å². The van der Waals surface area contributed by atoms with Gasteiger partial charge in [0, 0.05) is 11.3 Å². The zero-order chi connectivity index (χ0) is 32.3. The molecule has 0 bridgehead atoms. The molecule has 0 aliphatic carbocycles. The summed E-state index contributed by atoms with van der Waals surface area (Å²) in [5, 5.41) is 12.8. The average molecular weight is 631 g/mol. The fourth-order valence-electron chi connectivity index (χ4n) is 3.79. The molecular weight excluding hydrogens is 584 g/mol. The summed E-state index contributed by atoms with van der Waals surface area (Å²) in [5.74, 6) is 4.59. The first kappa shape index (κ1) is 35.7. The number of nitrogens with two attached hydrogens (primary N) is 1. The van der Waals surface area contributed by atoms with E-state index in [1.807, 2.05) is 13.0 Å². The first-order valence-corrected chi connectivity index (χ1v) is 20.3. The lowest BCUT2D eigenvalue weighted by molar-refractivity contribution is 0.0865. The van der Waals surface area contributed by atoms with E-state index in [9.17, 15) is 14.9 Å². The molecule has 4 N–H and O–H groups in total. The largest absolute Gasteiger partial charge is 0.413 e. The Morgan fingerprint density at radius 2 is 1.57 bits per heavy atom. The van der Waals surface area contributed by atoms with Crippen LogP contribution in [0.3, 0.4) is 0 Å². The first-order chi connectivity index (χ1) is 19.1. The molecule has 0 aromatic heterocycles. The Bertz CT molecular complexity index is 1340. The number of hydrogen-bond acceptors (Lipinski definition) is 7. The molecular formula is C31H47ClN4O4Si2. The quantitative estimate of drug-likeness (QED) is 0.0775. The minimum absolute atomic E-state index is 0.0128. The van der Waals surface area contributed by atoms with Crippen LogP contribution in [-0.2, 0) is 15.5 Å². The van der Waals surface area contributed by atoms with E-state index in [1.165, 1.54) is 0 Å². The molecule has 0 aliphatic rings. The summed E-state index contributed by atoms with van der Waals surface area (Å²) in [7, 11) is -4.37. The lowest BCUT2D eigenvalue weighted by atomic mass is 9.93. The van der Waals surface area contributed by atoms with Gasteiger partial charge in [-0.15, -0.1) is 0 Å². The van der Waals surface area contributed by atoms with Crippen molar-refractivity contribution in [2.45, 2.75) is 103 Å². The topological polar surface area (TPSA) is 126 Å². The van der Waals surface area contributed by atoms with Crippen molar-refractivity contribution in [1.82, 2.24) is 5.43 Å². The number of halogens is 1. The number of anilines is 1. The third-order valence-corrected chi connectivity index (χ3v) is 17.9. The zero-order valence-corrected chi connectivity index (χ0v) is 29.6. The summed E-state index contributed by atoms with van der Waals surface area (Å²) in [4.78, 5) is 27.2. The Morgan fingerprint density at radius 1 is 0.976 bits per heavy atom. The van der Waals surface area contributed by atoms with E-state index in [1.54, 1.807) is 36.4 Å². The molecule has 0 heterocycles. The van der Waals surface area contributed by atoms with E-state index in [4.69, 9.17) is 26.3 Å². The van der Waals surface area contributed by atoms with Gasteiger partial charge >= 0.3 is 0 Å². The number of carbonyl (C=O) groups excluding carboxylic acids is 2. The summed E-state index contributed by atoms with van der Waals surface area (Å²) in [5.41, 5.74) is 4.17. The van der Waals surface area contributed by atoms with Crippen molar-refractivity contribution in [2.24, 2.45) is 5.84 Å². The number of ketones is 1. The SMILES string of the molecule is C[C@H](O[Si](C)(C)C(C)(C)C)[C@@H](Nc1ccc(C#N)c(Cl)c1)C(=O)c1cc(CO[Si](C)(C)C(C)(C)C)ccc1C(=O)NN. The highest BCUT2D eigenvalue weighted by Crippen LogP contribution is 2.39. The van der Waals surface area contributed by atoms with E-state index in [-0.39, 0.29) is 32.0 Å². The Labute approximate surface area is 258 Å². The van der Waals surface area contributed by atoms with Gasteiger partial charge in [0.2, 0.25) is 0 Å². The van der Waals surface area contributed by atoms with Crippen LogP contribution in [0, 0.1) is 11.3 Å². The highest BCUT2D eigenvalue weighted by Gasteiger charge is 2.42. The highest BCUT2D eigenvalue weighted by molar-refractivity contribution is 6.74. The zero-order valence-electron chi connectivity index (χ0n) is 26.9. The van der Waals surface area contributed by atoms with Crippen LogP contribution in [-0.4, -0.2) is 40.5 Å². The number of nitriles is 1. The van der Waals surface area contributed by atoms with Gasteiger partial charge in [-0.25, -0.2) is 5.84 Å². The van der Waals surface area contributed by atoms with Crippen LogP contribution < -0.4 is 16.6 Å².